The number of benzene rings is 1. The zero-order valence-electron chi connectivity index (χ0n) is 10.0. The lowest BCUT2D eigenvalue weighted by atomic mass is 9.82. The van der Waals surface area contributed by atoms with E-state index in [0.29, 0.717) is 12.0 Å². The summed E-state index contributed by atoms with van der Waals surface area (Å²) in [5, 5.41) is 2.02. The highest BCUT2D eigenvalue weighted by Crippen LogP contribution is 2.34. The van der Waals surface area contributed by atoms with Crippen molar-refractivity contribution in [2.24, 2.45) is 5.73 Å². The molecule has 0 aliphatic rings. The number of rotatable bonds is 3. The monoisotopic (exact) mass is 249 g/mol. The van der Waals surface area contributed by atoms with Gasteiger partial charge >= 0.3 is 0 Å². The molecule has 0 saturated heterocycles. The Morgan fingerprint density at radius 3 is 2.59 bits per heavy atom. The molecule has 2 aromatic rings. The van der Waals surface area contributed by atoms with Crippen molar-refractivity contribution in [2.75, 3.05) is 0 Å². The van der Waals surface area contributed by atoms with E-state index in [4.69, 9.17) is 5.73 Å². The smallest absolute Gasteiger partial charge is 0.128 e. The molecule has 1 unspecified atom stereocenters. The first-order valence-corrected chi connectivity index (χ1v) is 6.55. The van der Waals surface area contributed by atoms with Crippen LogP contribution in [0.5, 0.6) is 0 Å². The molecule has 2 rings (SSSR count). The van der Waals surface area contributed by atoms with Crippen LogP contribution in [0.3, 0.4) is 0 Å². The minimum atomic E-state index is -0.726. The van der Waals surface area contributed by atoms with E-state index in [0.717, 1.165) is 5.56 Å². The van der Waals surface area contributed by atoms with Gasteiger partial charge in [0.1, 0.15) is 5.82 Å². The summed E-state index contributed by atoms with van der Waals surface area (Å²) in [4.78, 5) is 1.19. The third-order valence-electron chi connectivity index (χ3n) is 3.16. The van der Waals surface area contributed by atoms with Gasteiger partial charge in [-0.25, -0.2) is 4.39 Å². The van der Waals surface area contributed by atoms with Crippen LogP contribution < -0.4 is 5.73 Å². The first-order chi connectivity index (χ1) is 8.08. The number of nitrogens with two attached hydrogens (primary N) is 1. The number of halogens is 1. The van der Waals surface area contributed by atoms with Crippen molar-refractivity contribution in [3.63, 3.8) is 0 Å². The molecule has 0 aliphatic carbocycles. The molecular weight excluding hydrogens is 233 g/mol. The van der Waals surface area contributed by atoms with E-state index in [-0.39, 0.29) is 5.82 Å². The molecular formula is C14H16FNS. The summed E-state index contributed by atoms with van der Waals surface area (Å²) in [6.45, 7) is 4.02. The minimum absolute atomic E-state index is 0.235. The molecule has 90 valence electrons. The lowest BCUT2D eigenvalue weighted by Crippen LogP contribution is -2.37. The van der Waals surface area contributed by atoms with Crippen molar-refractivity contribution in [3.8, 4) is 0 Å². The minimum Gasteiger partial charge on any atom is -0.318 e. The van der Waals surface area contributed by atoms with Gasteiger partial charge in [0.15, 0.2) is 0 Å². The van der Waals surface area contributed by atoms with Crippen LogP contribution in [0.1, 0.15) is 29.3 Å². The molecule has 0 amide bonds. The van der Waals surface area contributed by atoms with Crippen molar-refractivity contribution in [2.45, 2.75) is 25.8 Å². The highest BCUT2D eigenvalue weighted by molar-refractivity contribution is 7.10. The van der Waals surface area contributed by atoms with Gasteiger partial charge in [-0.15, -0.1) is 11.3 Å². The Labute approximate surface area is 105 Å². The van der Waals surface area contributed by atoms with Crippen LogP contribution in [0, 0.1) is 12.7 Å². The second-order valence-corrected chi connectivity index (χ2v) is 5.37. The molecule has 3 heteroatoms. The van der Waals surface area contributed by atoms with E-state index in [9.17, 15) is 4.39 Å². The first kappa shape index (κ1) is 12.3. The zero-order valence-corrected chi connectivity index (χ0v) is 10.9. The van der Waals surface area contributed by atoms with Gasteiger partial charge in [0.25, 0.3) is 0 Å². The largest absolute Gasteiger partial charge is 0.318 e. The maximum Gasteiger partial charge on any atom is 0.128 e. The van der Waals surface area contributed by atoms with E-state index >= 15 is 0 Å². The predicted octanol–water partition coefficient (Wildman–Crippen LogP) is 3.81. The molecule has 1 aromatic heterocycles. The van der Waals surface area contributed by atoms with Crippen LogP contribution >= 0.6 is 11.3 Å². The third-order valence-corrected chi connectivity index (χ3v) is 4.02. The number of aryl methyl sites for hydroxylation is 1. The van der Waals surface area contributed by atoms with E-state index in [1.54, 1.807) is 23.5 Å². The van der Waals surface area contributed by atoms with Crippen LogP contribution in [0.25, 0.3) is 0 Å². The quantitative estimate of drug-likeness (QED) is 0.879. The van der Waals surface area contributed by atoms with Gasteiger partial charge in [-0.2, -0.15) is 0 Å². The van der Waals surface area contributed by atoms with Crippen LogP contribution in [-0.4, -0.2) is 0 Å². The summed E-state index contributed by atoms with van der Waals surface area (Å²) < 4.78 is 13.9. The van der Waals surface area contributed by atoms with Gasteiger partial charge < -0.3 is 5.73 Å². The Morgan fingerprint density at radius 1 is 1.35 bits per heavy atom. The maximum atomic E-state index is 13.9. The Bertz CT molecular complexity index is 520. The SMILES string of the molecule is CCC(N)(c1csc(C)c1)c1ccccc1F. The first-order valence-electron chi connectivity index (χ1n) is 5.67. The summed E-state index contributed by atoms with van der Waals surface area (Å²) in [7, 11) is 0. The summed E-state index contributed by atoms with van der Waals surface area (Å²) in [6.07, 6.45) is 0.671. The normalized spacial score (nSPS) is 14.6. The van der Waals surface area contributed by atoms with Crippen molar-refractivity contribution in [1.29, 1.82) is 0 Å². The fourth-order valence-corrected chi connectivity index (χ4v) is 2.84. The van der Waals surface area contributed by atoms with Crippen molar-refractivity contribution in [3.05, 3.63) is 57.5 Å². The van der Waals surface area contributed by atoms with E-state index in [1.807, 2.05) is 31.4 Å². The second-order valence-electron chi connectivity index (χ2n) is 4.25. The predicted molar refractivity (Wildman–Crippen MR) is 70.7 cm³/mol. The van der Waals surface area contributed by atoms with Gasteiger partial charge in [-0.05, 0) is 36.4 Å². The molecule has 0 bridgehead atoms. The van der Waals surface area contributed by atoms with Crippen LogP contribution in [0.2, 0.25) is 0 Å². The zero-order chi connectivity index (χ0) is 12.5. The van der Waals surface area contributed by atoms with Gasteiger partial charge in [-0.1, -0.05) is 25.1 Å². The molecule has 1 aromatic carbocycles. The molecule has 1 atom stereocenters. The number of hydrogen-bond donors (Lipinski definition) is 1. The van der Waals surface area contributed by atoms with Gasteiger partial charge in [0, 0.05) is 10.4 Å². The summed E-state index contributed by atoms with van der Waals surface area (Å²) in [5.74, 6) is -0.235. The van der Waals surface area contributed by atoms with Crippen molar-refractivity contribution in [1.82, 2.24) is 0 Å². The Balaban J connectivity index is 2.55. The molecule has 0 aliphatic heterocycles. The lowest BCUT2D eigenvalue weighted by Gasteiger charge is -2.28. The highest BCUT2D eigenvalue weighted by atomic mass is 32.1. The fourth-order valence-electron chi connectivity index (χ4n) is 2.05. The van der Waals surface area contributed by atoms with E-state index < -0.39 is 5.54 Å². The van der Waals surface area contributed by atoms with E-state index in [1.165, 1.54) is 10.9 Å². The molecule has 2 N–H and O–H groups in total. The lowest BCUT2D eigenvalue weighted by molar-refractivity contribution is 0.480. The molecule has 0 radical (unpaired) electrons. The van der Waals surface area contributed by atoms with Gasteiger partial charge in [0.05, 0.1) is 5.54 Å². The highest BCUT2D eigenvalue weighted by Gasteiger charge is 2.30. The van der Waals surface area contributed by atoms with Crippen LogP contribution in [-0.2, 0) is 5.54 Å². The molecule has 1 nitrogen and oxygen atoms in total. The average Bonchev–Trinajstić information content (AvgIpc) is 2.76. The van der Waals surface area contributed by atoms with Crippen molar-refractivity contribution < 1.29 is 4.39 Å². The van der Waals surface area contributed by atoms with Crippen molar-refractivity contribution >= 4 is 11.3 Å². The second kappa shape index (κ2) is 4.59. The summed E-state index contributed by atoms with van der Waals surface area (Å²) in [5.41, 5.74) is 7.26. The summed E-state index contributed by atoms with van der Waals surface area (Å²) in [6, 6.07) is 8.79. The third kappa shape index (κ3) is 2.13. The summed E-state index contributed by atoms with van der Waals surface area (Å²) >= 11 is 1.64. The Hall–Kier alpha value is -1.19. The van der Waals surface area contributed by atoms with E-state index in [2.05, 4.69) is 0 Å². The Morgan fingerprint density at radius 2 is 2.06 bits per heavy atom. The van der Waals surface area contributed by atoms with Gasteiger partial charge in [-0.3, -0.25) is 0 Å². The standard InChI is InChI=1S/C14H16FNS/c1-3-14(16,11-8-10(2)17-9-11)12-6-4-5-7-13(12)15/h4-9H,3,16H2,1-2H3. The average molecular weight is 249 g/mol. The molecule has 0 spiro atoms. The topological polar surface area (TPSA) is 26.0 Å². The Kier molecular flexibility index (Phi) is 3.31. The van der Waals surface area contributed by atoms with Crippen LogP contribution in [0.15, 0.2) is 35.7 Å². The molecule has 1 heterocycles. The van der Waals surface area contributed by atoms with Gasteiger partial charge in [0.2, 0.25) is 0 Å². The molecule has 0 fully saturated rings. The maximum absolute atomic E-state index is 13.9. The molecule has 17 heavy (non-hydrogen) atoms. The number of hydrogen-bond acceptors (Lipinski definition) is 2. The number of thiophene rings is 1. The molecule has 0 saturated carbocycles. The fraction of sp³-hybridized carbons (Fsp3) is 0.286. The van der Waals surface area contributed by atoms with Crippen LogP contribution in [0.4, 0.5) is 4.39 Å².